The zero-order valence-electron chi connectivity index (χ0n) is 12.2. The fourth-order valence-corrected chi connectivity index (χ4v) is 3.05. The van der Waals surface area contributed by atoms with E-state index in [-0.39, 0.29) is 23.7 Å². The van der Waals surface area contributed by atoms with Crippen LogP contribution < -0.4 is 10.2 Å². The Bertz CT molecular complexity index is 592. The number of rotatable bonds is 2. The van der Waals surface area contributed by atoms with Crippen molar-refractivity contribution in [3.05, 3.63) is 23.3 Å². The first kappa shape index (κ1) is 13.2. The molecule has 1 aromatic rings. The topological polar surface area (TPSA) is 49.4 Å². The van der Waals surface area contributed by atoms with Gasteiger partial charge in [0, 0.05) is 18.2 Å². The quantitative estimate of drug-likeness (QED) is 0.900. The molecule has 0 spiro atoms. The minimum Gasteiger partial charge on any atom is -0.326 e. The summed E-state index contributed by atoms with van der Waals surface area (Å²) in [4.78, 5) is 26.0. The molecule has 0 bridgehead atoms. The number of carbonyl (C=O) groups excluding carboxylic acids is 2. The second-order valence-electron chi connectivity index (χ2n) is 6.03. The van der Waals surface area contributed by atoms with Crippen LogP contribution in [0.4, 0.5) is 11.4 Å². The Morgan fingerprint density at radius 2 is 2.15 bits per heavy atom. The van der Waals surface area contributed by atoms with Crippen molar-refractivity contribution in [3.8, 4) is 0 Å². The van der Waals surface area contributed by atoms with E-state index < -0.39 is 0 Å². The monoisotopic (exact) mass is 272 g/mol. The summed E-state index contributed by atoms with van der Waals surface area (Å²) in [7, 11) is 0. The van der Waals surface area contributed by atoms with Crippen LogP contribution in [0.3, 0.4) is 0 Å². The molecular weight excluding hydrogens is 252 g/mol. The van der Waals surface area contributed by atoms with E-state index in [0.717, 1.165) is 36.3 Å². The highest BCUT2D eigenvalue weighted by molar-refractivity contribution is 6.06. The van der Waals surface area contributed by atoms with Crippen molar-refractivity contribution >= 4 is 23.2 Å². The third-order valence-electron chi connectivity index (χ3n) is 4.21. The van der Waals surface area contributed by atoms with Crippen LogP contribution in [0.2, 0.25) is 0 Å². The normalized spacial score (nSPS) is 20.3. The summed E-state index contributed by atoms with van der Waals surface area (Å²) in [6.45, 7) is 6.52. The van der Waals surface area contributed by atoms with Crippen molar-refractivity contribution in [2.45, 2.75) is 39.5 Å². The zero-order chi connectivity index (χ0) is 14.4. The van der Waals surface area contributed by atoms with Crippen LogP contribution >= 0.6 is 0 Å². The van der Waals surface area contributed by atoms with Gasteiger partial charge in [0.25, 0.3) is 0 Å². The fourth-order valence-electron chi connectivity index (χ4n) is 3.05. The first-order chi connectivity index (χ1) is 9.49. The lowest BCUT2D eigenvalue weighted by Gasteiger charge is -2.26. The lowest BCUT2D eigenvalue weighted by Crippen LogP contribution is -2.32. The van der Waals surface area contributed by atoms with E-state index in [1.807, 2.05) is 37.8 Å². The number of hydrogen-bond acceptors (Lipinski definition) is 2. The Hall–Kier alpha value is -1.84. The molecule has 0 saturated carbocycles. The highest BCUT2D eigenvalue weighted by Gasteiger charge is 2.37. The van der Waals surface area contributed by atoms with E-state index in [1.54, 1.807) is 0 Å². The molecule has 1 aromatic carbocycles. The van der Waals surface area contributed by atoms with E-state index in [0.29, 0.717) is 0 Å². The second-order valence-corrected chi connectivity index (χ2v) is 6.03. The first-order valence-corrected chi connectivity index (χ1v) is 7.28. The number of nitrogens with zero attached hydrogens (tertiary/aromatic N) is 1. The third-order valence-corrected chi connectivity index (χ3v) is 4.21. The maximum Gasteiger partial charge on any atom is 0.234 e. The van der Waals surface area contributed by atoms with Gasteiger partial charge in [0.1, 0.15) is 0 Å². The van der Waals surface area contributed by atoms with Crippen LogP contribution in [0.25, 0.3) is 0 Å². The molecule has 0 aromatic heterocycles. The lowest BCUT2D eigenvalue weighted by molar-refractivity contribution is -0.119. The number of nitrogens with one attached hydrogen (secondary N) is 1. The molecule has 0 unspecified atom stereocenters. The van der Waals surface area contributed by atoms with E-state index >= 15 is 0 Å². The van der Waals surface area contributed by atoms with Crippen LogP contribution in [-0.4, -0.2) is 18.4 Å². The molecule has 0 saturated heterocycles. The first-order valence-electron chi connectivity index (χ1n) is 7.28. The average Bonchev–Trinajstić information content (AvgIpc) is 2.66. The van der Waals surface area contributed by atoms with Crippen LogP contribution in [0.1, 0.15) is 44.2 Å². The third kappa shape index (κ3) is 1.90. The van der Waals surface area contributed by atoms with Crippen molar-refractivity contribution in [1.82, 2.24) is 0 Å². The van der Waals surface area contributed by atoms with Gasteiger partial charge < -0.3 is 10.2 Å². The van der Waals surface area contributed by atoms with Crippen molar-refractivity contribution < 1.29 is 9.59 Å². The molecular formula is C16H20N2O2. The predicted octanol–water partition coefficient (Wildman–Crippen LogP) is 2.68. The lowest BCUT2D eigenvalue weighted by atomic mass is 9.96. The molecule has 4 nitrogen and oxygen atoms in total. The Morgan fingerprint density at radius 1 is 1.40 bits per heavy atom. The van der Waals surface area contributed by atoms with Crippen molar-refractivity contribution in [2.75, 3.05) is 16.8 Å². The molecule has 4 heteroatoms. The molecule has 0 fully saturated rings. The number of carbonyl (C=O) groups is 2. The van der Waals surface area contributed by atoms with E-state index in [2.05, 4.69) is 5.32 Å². The number of hydrogen-bond donors (Lipinski definition) is 1. The number of aryl methyl sites for hydroxylation is 1. The van der Waals surface area contributed by atoms with Crippen molar-refractivity contribution in [2.24, 2.45) is 5.92 Å². The maximum atomic E-state index is 12.3. The summed E-state index contributed by atoms with van der Waals surface area (Å²) in [6, 6.07) is 3.99. The van der Waals surface area contributed by atoms with E-state index in [4.69, 9.17) is 0 Å². The van der Waals surface area contributed by atoms with Gasteiger partial charge in [-0.3, -0.25) is 9.59 Å². The summed E-state index contributed by atoms with van der Waals surface area (Å²) >= 11 is 0. The van der Waals surface area contributed by atoms with Gasteiger partial charge in [-0.05, 0) is 43.0 Å². The Morgan fingerprint density at radius 3 is 2.85 bits per heavy atom. The summed E-state index contributed by atoms with van der Waals surface area (Å²) in [5.74, 6) is 0.0583. The van der Waals surface area contributed by atoms with Gasteiger partial charge in [-0.2, -0.15) is 0 Å². The molecule has 3 rings (SSSR count). The van der Waals surface area contributed by atoms with Gasteiger partial charge in [0.05, 0.1) is 11.6 Å². The SMILES string of the molecule is CC(C)C(=O)Nc1cc2c3c(c1)[C@@H](C)C(=O)N3CCC2. The molecule has 2 aliphatic heterocycles. The molecule has 20 heavy (non-hydrogen) atoms. The minimum atomic E-state index is -0.0993. The van der Waals surface area contributed by atoms with E-state index in [9.17, 15) is 9.59 Å². The Balaban J connectivity index is 2.02. The summed E-state index contributed by atoms with van der Waals surface area (Å²) < 4.78 is 0. The largest absolute Gasteiger partial charge is 0.326 e. The van der Waals surface area contributed by atoms with Crippen LogP contribution in [0.15, 0.2) is 12.1 Å². The molecule has 0 radical (unpaired) electrons. The standard InChI is InChI=1S/C16H20N2O2/c1-9(2)15(19)17-12-7-11-5-4-6-18-14(11)13(8-12)10(3)16(18)20/h7-10H,4-6H2,1-3H3,(H,17,19)/t10-/m1/s1. The highest BCUT2D eigenvalue weighted by Crippen LogP contribution is 2.44. The predicted molar refractivity (Wildman–Crippen MR) is 79.0 cm³/mol. The van der Waals surface area contributed by atoms with Crippen LogP contribution in [0, 0.1) is 5.92 Å². The van der Waals surface area contributed by atoms with E-state index in [1.165, 1.54) is 5.56 Å². The summed E-state index contributed by atoms with van der Waals surface area (Å²) in [5, 5.41) is 2.95. The number of benzene rings is 1. The second kappa shape index (κ2) is 4.62. The molecule has 1 N–H and O–H groups in total. The molecule has 0 aliphatic carbocycles. The van der Waals surface area contributed by atoms with Crippen molar-refractivity contribution in [1.29, 1.82) is 0 Å². The average molecular weight is 272 g/mol. The number of amides is 2. The fraction of sp³-hybridized carbons (Fsp3) is 0.500. The van der Waals surface area contributed by atoms with Gasteiger partial charge in [-0.25, -0.2) is 0 Å². The van der Waals surface area contributed by atoms with Gasteiger partial charge in [0.2, 0.25) is 11.8 Å². The number of anilines is 2. The summed E-state index contributed by atoms with van der Waals surface area (Å²) in [6.07, 6.45) is 1.97. The maximum absolute atomic E-state index is 12.3. The van der Waals surface area contributed by atoms with Gasteiger partial charge in [0.15, 0.2) is 0 Å². The molecule has 1 atom stereocenters. The zero-order valence-corrected chi connectivity index (χ0v) is 12.2. The van der Waals surface area contributed by atoms with Crippen molar-refractivity contribution in [3.63, 3.8) is 0 Å². The van der Waals surface area contributed by atoms with Gasteiger partial charge >= 0.3 is 0 Å². The van der Waals surface area contributed by atoms with Gasteiger partial charge in [-0.15, -0.1) is 0 Å². The Kier molecular flexibility index (Phi) is 3.04. The molecule has 2 amide bonds. The highest BCUT2D eigenvalue weighted by atomic mass is 16.2. The van der Waals surface area contributed by atoms with Crippen LogP contribution in [0.5, 0.6) is 0 Å². The molecule has 2 aliphatic rings. The minimum absolute atomic E-state index is 0.0155. The van der Waals surface area contributed by atoms with Gasteiger partial charge in [-0.1, -0.05) is 13.8 Å². The Labute approximate surface area is 119 Å². The molecule has 106 valence electrons. The smallest absolute Gasteiger partial charge is 0.234 e. The van der Waals surface area contributed by atoms with Crippen LogP contribution in [-0.2, 0) is 16.0 Å². The molecule has 2 heterocycles. The summed E-state index contributed by atoms with van der Waals surface area (Å²) in [5.41, 5.74) is 4.16.